The Hall–Kier alpha value is -3.12. The van der Waals surface area contributed by atoms with E-state index in [1.54, 1.807) is 7.05 Å². The van der Waals surface area contributed by atoms with Crippen LogP contribution in [0.1, 0.15) is 23.1 Å². The van der Waals surface area contributed by atoms with Gasteiger partial charge < -0.3 is 15.3 Å². The van der Waals surface area contributed by atoms with E-state index < -0.39 is 5.60 Å². The molecule has 29 heavy (non-hydrogen) atoms. The average Bonchev–Trinajstić information content (AvgIpc) is 3.35. The predicted octanol–water partition coefficient (Wildman–Crippen LogP) is 2.71. The third-order valence-electron chi connectivity index (χ3n) is 5.52. The summed E-state index contributed by atoms with van der Waals surface area (Å²) in [6.07, 6.45) is 5.53. The SMILES string of the molecule is CN=C(NCC1(O)CCc2ccccc21)N(C)Cc1cnn(-c2ccccc2)c1. The highest BCUT2D eigenvalue weighted by Gasteiger charge is 2.36. The summed E-state index contributed by atoms with van der Waals surface area (Å²) in [5.74, 6) is 0.746. The normalized spacial score (nSPS) is 18.5. The first kappa shape index (κ1) is 19.2. The number of benzene rings is 2. The van der Waals surface area contributed by atoms with Crippen molar-refractivity contribution >= 4 is 5.96 Å². The van der Waals surface area contributed by atoms with Crippen LogP contribution < -0.4 is 5.32 Å². The van der Waals surface area contributed by atoms with Crippen molar-refractivity contribution in [2.45, 2.75) is 25.0 Å². The summed E-state index contributed by atoms with van der Waals surface area (Å²) in [4.78, 5) is 6.43. The Morgan fingerprint density at radius 2 is 1.97 bits per heavy atom. The van der Waals surface area contributed by atoms with E-state index in [0.717, 1.165) is 35.6 Å². The molecule has 0 spiro atoms. The fraction of sp³-hybridized carbons (Fsp3) is 0.304. The van der Waals surface area contributed by atoms with Crippen LogP contribution in [0.2, 0.25) is 0 Å². The Morgan fingerprint density at radius 3 is 2.76 bits per heavy atom. The quantitative estimate of drug-likeness (QED) is 0.520. The molecular weight excluding hydrogens is 362 g/mol. The molecular formula is C23H27N5O. The molecule has 2 N–H and O–H groups in total. The van der Waals surface area contributed by atoms with Gasteiger partial charge in [-0.3, -0.25) is 4.99 Å². The van der Waals surface area contributed by atoms with Crippen molar-refractivity contribution in [3.63, 3.8) is 0 Å². The predicted molar refractivity (Wildman–Crippen MR) is 115 cm³/mol. The van der Waals surface area contributed by atoms with Crippen LogP contribution in [0.4, 0.5) is 0 Å². The summed E-state index contributed by atoms with van der Waals surface area (Å²) in [5.41, 5.74) is 3.52. The van der Waals surface area contributed by atoms with Crippen molar-refractivity contribution in [3.8, 4) is 5.69 Å². The topological polar surface area (TPSA) is 65.7 Å². The van der Waals surface area contributed by atoms with E-state index in [2.05, 4.69) is 21.5 Å². The number of hydrogen-bond acceptors (Lipinski definition) is 3. The van der Waals surface area contributed by atoms with Gasteiger partial charge in [0.05, 0.1) is 18.4 Å². The lowest BCUT2D eigenvalue weighted by molar-refractivity contribution is 0.0427. The number of para-hydroxylation sites is 1. The number of aliphatic hydroxyl groups is 1. The molecule has 6 heteroatoms. The van der Waals surface area contributed by atoms with Crippen molar-refractivity contribution in [3.05, 3.63) is 83.7 Å². The van der Waals surface area contributed by atoms with E-state index in [9.17, 15) is 5.11 Å². The number of nitrogens with one attached hydrogen (secondary N) is 1. The molecule has 0 saturated heterocycles. The van der Waals surface area contributed by atoms with Crippen molar-refractivity contribution in [1.29, 1.82) is 0 Å². The Balaban J connectivity index is 1.39. The lowest BCUT2D eigenvalue weighted by Gasteiger charge is -2.28. The second-order valence-electron chi connectivity index (χ2n) is 7.57. The number of rotatable bonds is 5. The lowest BCUT2D eigenvalue weighted by atomic mass is 9.96. The Labute approximate surface area is 171 Å². The molecule has 2 aromatic carbocycles. The molecule has 0 amide bonds. The summed E-state index contributed by atoms with van der Waals surface area (Å²) < 4.78 is 1.87. The number of fused-ring (bicyclic) bond motifs is 1. The van der Waals surface area contributed by atoms with Crippen molar-refractivity contribution in [2.75, 3.05) is 20.6 Å². The number of aliphatic imine (C=N–C) groups is 1. The van der Waals surface area contributed by atoms with Gasteiger partial charge in [0.25, 0.3) is 0 Å². The highest BCUT2D eigenvalue weighted by atomic mass is 16.3. The second kappa shape index (κ2) is 8.09. The summed E-state index contributed by atoms with van der Waals surface area (Å²) in [6.45, 7) is 1.10. The van der Waals surface area contributed by atoms with Gasteiger partial charge in [0.1, 0.15) is 5.60 Å². The van der Waals surface area contributed by atoms with E-state index in [4.69, 9.17) is 0 Å². The average molecular weight is 390 g/mol. The van der Waals surface area contributed by atoms with Crippen LogP contribution in [0.25, 0.3) is 5.69 Å². The fourth-order valence-electron chi connectivity index (χ4n) is 3.97. The molecule has 3 aromatic rings. The van der Waals surface area contributed by atoms with Crippen LogP contribution in [0.5, 0.6) is 0 Å². The summed E-state index contributed by atoms with van der Waals surface area (Å²) in [7, 11) is 3.75. The van der Waals surface area contributed by atoms with Crippen LogP contribution in [-0.2, 0) is 18.6 Å². The van der Waals surface area contributed by atoms with E-state index >= 15 is 0 Å². The number of aromatic nitrogens is 2. The van der Waals surface area contributed by atoms with Gasteiger partial charge in [0.2, 0.25) is 0 Å². The molecule has 4 rings (SSSR count). The van der Waals surface area contributed by atoms with Gasteiger partial charge in [-0.15, -0.1) is 0 Å². The molecule has 1 unspecified atom stereocenters. The van der Waals surface area contributed by atoms with E-state index in [0.29, 0.717) is 13.1 Å². The zero-order chi connectivity index (χ0) is 20.3. The van der Waals surface area contributed by atoms with Crippen LogP contribution >= 0.6 is 0 Å². The molecule has 1 aliphatic carbocycles. The number of nitrogens with zero attached hydrogens (tertiary/aromatic N) is 4. The molecule has 1 heterocycles. The van der Waals surface area contributed by atoms with Gasteiger partial charge >= 0.3 is 0 Å². The minimum atomic E-state index is -0.856. The van der Waals surface area contributed by atoms with E-state index in [-0.39, 0.29) is 0 Å². The first-order valence-corrected chi connectivity index (χ1v) is 9.90. The molecule has 0 fully saturated rings. The van der Waals surface area contributed by atoms with Gasteiger partial charge in [-0.2, -0.15) is 5.10 Å². The smallest absolute Gasteiger partial charge is 0.193 e. The van der Waals surface area contributed by atoms with Crippen molar-refractivity contribution in [1.82, 2.24) is 20.0 Å². The van der Waals surface area contributed by atoms with Crippen LogP contribution in [0.15, 0.2) is 72.0 Å². The molecule has 0 saturated carbocycles. The molecule has 1 aromatic heterocycles. The number of hydrogen-bond donors (Lipinski definition) is 2. The standard InChI is InChI=1S/C23H27N5O/c1-24-22(25-17-23(29)13-12-19-8-6-7-11-21(19)23)27(2)15-18-14-26-28(16-18)20-9-4-3-5-10-20/h3-11,14,16,29H,12-13,15,17H2,1-2H3,(H,24,25). The monoisotopic (exact) mass is 389 g/mol. The molecule has 1 aliphatic rings. The third kappa shape index (κ3) is 4.03. The summed E-state index contributed by atoms with van der Waals surface area (Å²) >= 11 is 0. The van der Waals surface area contributed by atoms with Gasteiger partial charge in [-0.05, 0) is 36.1 Å². The summed E-state index contributed by atoms with van der Waals surface area (Å²) in [6, 6.07) is 18.2. The molecule has 1 atom stereocenters. The molecule has 150 valence electrons. The highest BCUT2D eigenvalue weighted by molar-refractivity contribution is 5.79. The summed E-state index contributed by atoms with van der Waals surface area (Å²) in [5, 5.41) is 18.9. The van der Waals surface area contributed by atoms with Crippen LogP contribution in [0.3, 0.4) is 0 Å². The zero-order valence-electron chi connectivity index (χ0n) is 16.9. The maximum absolute atomic E-state index is 11.1. The Kier molecular flexibility index (Phi) is 5.36. The molecule has 0 bridgehead atoms. The first-order chi connectivity index (χ1) is 14.1. The number of aryl methyl sites for hydroxylation is 1. The highest BCUT2D eigenvalue weighted by Crippen LogP contribution is 2.36. The Morgan fingerprint density at radius 1 is 1.21 bits per heavy atom. The van der Waals surface area contributed by atoms with Crippen molar-refractivity contribution in [2.24, 2.45) is 4.99 Å². The van der Waals surface area contributed by atoms with Gasteiger partial charge in [0, 0.05) is 32.4 Å². The van der Waals surface area contributed by atoms with Crippen molar-refractivity contribution < 1.29 is 5.11 Å². The minimum absolute atomic E-state index is 0.435. The second-order valence-corrected chi connectivity index (χ2v) is 7.57. The third-order valence-corrected chi connectivity index (χ3v) is 5.52. The van der Waals surface area contributed by atoms with Crippen LogP contribution in [-0.4, -0.2) is 46.4 Å². The first-order valence-electron chi connectivity index (χ1n) is 9.90. The molecule has 0 radical (unpaired) electrons. The maximum Gasteiger partial charge on any atom is 0.193 e. The van der Waals surface area contributed by atoms with Gasteiger partial charge in [-0.1, -0.05) is 42.5 Å². The van der Waals surface area contributed by atoms with E-state index in [1.165, 1.54) is 5.56 Å². The minimum Gasteiger partial charge on any atom is -0.383 e. The number of guanidine groups is 1. The van der Waals surface area contributed by atoms with Gasteiger partial charge in [-0.25, -0.2) is 4.68 Å². The van der Waals surface area contributed by atoms with E-state index in [1.807, 2.05) is 77.6 Å². The van der Waals surface area contributed by atoms with Crippen LogP contribution in [0, 0.1) is 0 Å². The molecule has 0 aliphatic heterocycles. The fourth-order valence-corrected chi connectivity index (χ4v) is 3.97. The lowest BCUT2D eigenvalue weighted by Crippen LogP contribution is -2.45. The zero-order valence-corrected chi connectivity index (χ0v) is 16.9. The van der Waals surface area contributed by atoms with Gasteiger partial charge in [0.15, 0.2) is 5.96 Å². The molecule has 6 nitrogen and oxygen atoms in total. The Bertz CT molecular complexity index is 997. The maximum atomic E-state index is 11.1. The largest absolute Gasteiger partial charge is 0.383 e.